The van der Waals surface area contributed by atoms with E-state index in [4.69, 9.17) is 5.11 Å². The van der Waals surface area contributed by atoms with Crippen LogP contribution in [0.15, 0.2) is 12.2 Å². The molecule has 1 N–H and O–H groups in total. The van der Waals surface area contributed by atoms with Gasteiger partial charge in [-0.1, -0.05) is 12.2 Å². The molecule has 0 heterocycles. The molecule has 68 valence electrons. The van der Waals surface area contributed by atoms with Crippen LogP contribution in [0.4, 0.5) is 0 Å². The van der Waals surface area contributed by atoms with Crippen LogP contribution in [0.1, 0.15) is 32.1 Å². The van der Waals surface area contributed by atoms with E-state index in [2.05, 4.69) is 0 Å². The second-order valence-electron chi connectivity index (χ2n) is 3.27. The van der Waals surface area contributed by atoms with Gasteiger partial charge in [0.15, 0.2) is 0 Å². The smallest absolute Gasteiger partial charge is 0.136 e. The van der Waals surface area contributed by atoms with Gasteiger partial charge in [-0.2, -0.15) is 0 Å². The summed E-state index contributed by atoms with van der Waals surface area (Å²) >= 11 is 0. The lowest BCUT2D eigenvalue weighted by Gasteiger charge is -2.01. The number of ketones is 1. The van der Waals surface area contributed by atoms with E-state index in [0.29, 0.717) is 12.2 Å². The van der Waals surface area contributed by atoms with Crippen LogP contribution < -0.4 is 0 Å². The molecule has 1 fully saturated rings. The van der Waals surface area contributed by atoms with Crippen LogP contribution in [0.5, 0.6) is 0 Å². The minimum absolute atomic E-state index is 0.203. The fourth-order valence-electron chi connectivity index (χ4n) is 1.59. The Morgan fingerprint density at radius 1 is 1.50 bits per heavy atom. The van der Waals surface area contributed by atoms with Crippen molar-refractivity contribution in [1.29, 1.82) is 0 Å². The van der Waals surface area contributed by atoms with Gasteiger partial charge in [0.25, 0.3) is 0 Å². The minimum Gasteiger partial charge on any atom is -0.396 e. The number of carbonyl (C=O) groups is 1. The molecule has 2 nitrogen and oxygen atoms in total. The number of rotatable bonds is 4. The number of aliphatic hydroxyl groups excluding tert-OH is 1. The molecule has 12 heavy (non-hydrogen) atoms. The maximum atomic E-state index is 11.2. The molecule has 1 saturated carbocycles. The number of hydrogen-bond acceptors (Lipinski definition) is 2. The molecule has 1 aliphatic rings. The number of aliphatic hydroxyl groups is 1. The van der Waals surface area contributed by atoms with Crippen LogP contribution in [0.2, 0.25) is 0 Å². The zero-order valence-electron chi connectivity index (χ0n) is 7.33. The van der Waals surface area contributed by atoms with Crippen molar-refractivity contribution in [1.82, 2.24) is 0 Å². The van der Waals surface area contributed by atoms with Gasteiger partial charge in [0.2, 0.25) is 0 Å². The van der Waals surface area contributed by atoms with Gasteiger partial charge in [0.05, 0.1) is 0 Å². The zero-order valence-corrected chi connectivity index (χ0v) is 7.33. The number of carbonyl (C=O) groups excluding carboxylic acids is 1. The van der Waals surface area contributed by atoms with E-state index in [9.17, 15) is 4.79 Å². The molecule has 0 aromatic rings. The quantitative estimate of drug-likeness (QED) is 0.648. The molecule has 0 aromatic heterocycles. The summed E-state index contributed by atoms with van der Waals surface area (Å²) in [7, 11) is 0. The third-order valence-corrected chi connectivity index (χ3v) is 2.31. The highest BCUT2D eigenvalue weighted by Gasteiger charge is 2.22. The van der Waals surface area contributed by atoms with E-state index < -0.39 is 0 Å². The summed E-state index contributed by atoms with van der Waals surface area (Å²) < 4.78 is 0. The van der Waals surface area contributed by atoms with Gasteiger partial charge in [-0.15, -0.1) is 0 Å². The van der Waals surface area contributed by atoms with Crippen LogP contribution in [0, 0.1) is 5.92 Å². The van der Waals surface area contributed by atoms with Crippen molar-refractivity contribution in [3.8, 4) is 0 Å². The molecular weight excluding hydrogens is 152 g/mol. The van der Waals surface area contributed by atoms with Gasteiger partial charge in [0.1, 0.15) is 5.78 Å². The first kappa shape index (κ1) is 9.46. The Kier molecular flexibility index (Phi) is 4.01. The van der Waals surface area contributed by atoms with Gasteiger partial charge in [-0.25, -0.2) is 0 Å². The number of hydrogen-bond donors (Lipinski definition) is 1. The first-order chi connectivity index (χ1) is 5.84. The van der Waals surface area contributed by atoms with E-state index in [-0.39, 0.29) is 12.5 Å². The summed E-state index contributed by atoms with van der Waals surface area (Å²) in [5.74, 6) is 0.698. The lowest BCUT2D eigenvalue weighted by molar-refractivity contribution is -0.120. The SMILES string of the molecule is O=C1CCCC1CC=CCCO. The molecule has 0 aliphatic heterocycles. The molecule has 1 rings (SSSR count). The third kappa shape index (κ3) is 2.78. The topological polar surface area (TPSA) is 37.3 Å². The van der Waals surface area contributed by atoms with Crippen molar-refractivity contribution in [2.45, 2.75) is 32.1 Å². The summed E-state index contributed by atoms with van der Waals surface area (Å²) in [5, 5.41) is 8.49. The second-order valence-corrected chi connectivity index (χ2v) is 3.27. The molecule has 0 radical (unpaired) electrons. The van der Waals surface area contributed by atoms with Gasteiger partial charge in [-0.05, 0) is 25.7 Å². The summed E-state index contributed by atoms with van der Waals surface area (Å²) in [6.07, 6.45) is 8.45. The van der Waals surface area contributed by atoms with Crippen molar-refractivity contribution in [3.63, 3.8) is 0 Å². The first-order valence-corrected chi connectivity index (χ1v) is 4.63. The Balaban J connectivity index is 2.18. The third-order valence-electron chi connectivity index (χ3n) is 2.31. The van der Waals surface area contributed by atoms with Crippen molar-refractivity contribution < 1.29 is 9.90 Å². The Morgan fingerprint density at radius 3 is 2.92 bits per heavy atom. The highest BCUT2D eigenvalue weighted by molar-refractivity contribution is 5.82. The number of Topliss-reactive ketones (excluding diaryl/α,β-unsaturated/α-hetero) is 1. The maximum Gasteiger partial charge on any atom is 0.136 e. The molecule has 1 aliphatic carbocycles. The van der Waals surface area contributed by atoms with E-state index >= 15 is 0 Å². The maximum absolute atomic E-state index is 11.2. The standard InChI is InChI=1S/C10H16O2/c11-8-3-1-2-5-9-6-4-7-10(9)12/h1-2,9,11H,3-8H2. The molecule has 0 amide bonds. The molecule has 1 atom stereocenters. The van der Waals surface area contributed by atoms with Crippen molar-refractivity contribution in [2.24, 2.45) is 5.92 Å². The first-order valence-electron chi connectivity index (χ1n) is 4.63. The zero-order chi connectivity index (χ0) is 8.81. The van der Waals surface area contributed by atoms with Gasteiger partial charge in [-0.3, -0.25) is 4.79 Å². The van der Waals surface area contributed by atoms with Crippen LogP contribution >= 0.6 is 0 Å². The lowest BCUT2D eigenvalue weighted by Crippen LogP contribution is -2.04. The highest BCUT2D eigenvalue weighted by atomic mass is 16.2. The van der Waals surface area contributed by atoms with Crippen LogP contribution in [0.3, 0.4) is 0 Å². The van der Waals surface area contributed by atoms with Crippen molar-refractivity contribution in [3.05, 3.63) is 12.2 Å². The highest BCUT2D eigenvalue weighted by Crippen LogP contribution is 2.24. The fraction of sp³-hybridized carbons (Fsp3) is 0.700. The average molecular weight is 168 g/mol. The van der Waals surface area contributed by atoms with Crippen LogP contribution in [-0.4, -0.2) is 17.5 Å². The Bertz CT molecular complexity index is 173. The van der Waals surface area contributed by atoms with E-state index in [1.54, 1.807) is 0 Å². The Labute approximate surface area is 73.3 Å². The molecule has 0 bridgehead atoms. The molecule has 2 heteroatoms. The lowest BCUT2D eigenvalue weighted by atomic mass is 10.0. The molecular formula is C10H16O2. The summed E-state index contributed by atoms with van der Waals surface area (Å²) in [4.78, 5) is 11.2. The van der Waals surface area contributed by atoms with Crippen LogP contribution in [0.25, 0.3) is 0 Å². The Morgan fingerprint density at radius 2 is 2.33 bits per heavy atom. The summed E-state index contributed by atoms with van der Waals surface area (Å²) in [6.45, 7) is 0.203. The van der Waals surface area contributed by atoms with Crippen molar-refractivity contribution in [2.75, 3.05) is 6.61 Å². The fourth-order valence-corrected chi connectivity index (χ4v) is 1.59. The van der Waals surface area contributed by atoms with E-state index in [0.717, 1.165) is 25.7 Å². The summed E-state index contributed by atoms with van der Waals surface area (Å²) in [5.41, 5.74) is 0. The predicted molar refractivity (Wildman–Crippen MR) is 47.8 cm³/mol. The van der Waals surface area contributed by atoms with Gasteiger partial charge < -0.3 is 5.11 Å². The minimum atomic E-state index is 0.203. The van der Waals surface area contributed by atoms with Crippen molar-refractivity contribution >= 4 is 5.78 Å². The number of allylic oxidation sites excluding steroid dienone is 1. The van der Waals surface area contributed by atoms with E-state index in [1.165, 1.54) is 0 Å². The molecule has 0 saturated heterocycles. The van der Waals surface area contributed by atoms with Crippen LogP contribution in [-0.2, 0) is 4.79 Å². The summed E-state index contributed by atoms with van der Waals surface area (Å²) in [6, 6.07) is 0. The molecule has 0 spiro atoms. The Hall–Kier alpha value is -0.630. The van der Waals surface area contributed by atoms with Gasteiger partial charge in [0, 0.05) is 18.9 Å². The van der Waals surface area contributed by atoms with E-state index in [1.807, 2.05) is 12.2 Å². The largest absolute Gasteiger partial charge is 0.396 e. The van der Waals surface area contributed by atoms with Gasteiger partial charge >= 0.3 is 0 Å². The molecule has 0 aromatic carbocycles. The normalized spacial score (nSPS) is 24.1. The monoisotopic (exact) mass is 168 g/mol. The molecule has 1 unspecified atom stereocenters. The average Bonchev–Trinajstić information content (AvgIpc) is 2.46. The second kappa shape index (κ2) is 5.09. The predicted octanol–water partition coefficient (Wildman–Crippen LogP) is 1.68.